The van der Waals surface area contributed by atoms with Gasteiger partial charge < -0.3 is 5.73 Å². The smallest absolute Gasteiger partial charge is 0.262 e. The molecule has 1 heterocycles. The van der Waals surface area contributed by atoms with Crippen LogP contribution in [0.1, 0.15) is 11.1 Å². The van der Waals surface area contributed by atoms with Crippen LogP contribution in [0.3, 0.4) is 0 Å². The minimum Gasteiger partial charge on any atom is -0.389 e. The lowest BCUT2D eigenvalue weighted by molar-refractivity contribution is 0.600. The van der Waals surface area contributed by atoms with Gasteiger partial charge in [0.15, 0.2) is 0 Å². The average Bonchev–Trinajstić information content (AvgIpc) is 2.39. The van der Waals surface area contributed by atoms with Crippen molar-refractivity contribution in [3.63, 3.8) is 0 Å². The van der Waals surface area contributed by atoms with Crippen LogP contribution in [0.5, 0.6) is 0 Å². The summed E-state index contributed by atoms with van der Waals surface area (Å²) < 4.78 is 27.2. The van der Waals surface area contributed by atoms with E-state index in [1.165, 1.54) is 12.3 Å². The van der Waals surface area contributed by atoms with Gasteiger partial charge in [-0.25, -0.2) is 8.42 Å². The van der Waals surface area contributed by atoms with Gasteiger partial charge in [-0.1, -0.05) is 24.4 Å². The van der Waals surface area contributed by atoms with E-state index < -0.39 is 10.0 Å². The molecule has 0 aliphatic heterocycles. The third kappa shape index (κ3) is 3.12. The number of hydrogen-bond donors (Lipinski definition) is 2. The van der Waals surface area contributed by atoms with E-state index in [0.29, 0.717) is 16.8 Å². The van der Waals surface area contributed by atoms with E-state index in [9.17, 15) is 8.42 Å². The van der Waals surface area contributed by atoms with Crippen LogP contribution in [-0.2, 0) is 10.0 Å². The number of hydrogen-bond acceptors (Lipinski definition) is 4. The standard InChI is InChI=1S/C13H13N3O2S2/c1-9-4-5-10(13(14)19)7-12(9)20(17,18)16-11-3-2-6-15-8-11/h2-8,16H,1H3,(H2,14,19). The van der Waals surface area contributed by atoms with E-state index in [2.05, 4.69) is 9.71 Å². The van der Waals surface area contributed by atoms with Gasteiger partial charge in [-0.2, -0.15) is 0 Å². The second-order valence-electron chi connectivity index (χ2n) is 4.19. The predicted octanol–water partition coefficient (Wildman–Crippen LogP) is 1.83. The lowest BCUT2D eigenvalue weighted by atomic mass is 10.1. The summed E-state index contributed by atoms with van der Waals surface area (Å²) in [5, 5.41) is 0. The van der Waals surface area contributed by atoms with Gasteiger partial charge in [0, 0.05) is 11.8 Å². The molecule has 0 atom stereocenters. The van der Waals surface area contributed by atoms with Crippen molar-refractivity contribution in [2.75, 3.05) is 4.72 Å². The summed E-state index contributed by atoms with van der Waals surface area (Å²) in [7, 11) is -3.71. The van der Waals surface area contributed by atoms with Crippen LogP contribution in [0, 0.1) is 6.92 Å². The topological polar surface area (TPSA) is 85.1 Å². The van der Waals surface area contributed by atoms with Gasteiger partial charge in [-0.15, -0.1) is 0 Å². The fourth-order valence-electron chi connectivity index (χ4n) is 1.68. The summed E-state index contributed by atoms with van der Waals surface area (Å²) in [5.74, 6) is 0. The van der Waals surface area contributed by atoms with Crippen molar-refractivity contribution in [1.82, 2.24) is 4.98 Å². The molecule has 2 aromatic rings. The molecule has 1 aromatic carbocycles. The molecular weight excluding hydrogens is 294 g/mol. The molecule has 0 saturated heterocycles. The highest BCUT2D eigenvalue weighted by atomic mass is 32.2. The summed E-state index contributed by atoms with van der Waals surface area (Å²) in [6.07, 6.45) is 3.00. The van der Waals surface area contributed by atoms with Crippen LogP contribution in [0.2, 0.25) is 0 Å². The lowest BCUT2D eigenvalue weighted by Crippen LogP contribution is -2.16. The van der Waals surface area contributed by atoms with Crippen molar-refractivity contribution in [1.29, 1.82) is 0 Å². The third-order valence-corrected chi connectivity index (χ3v) is 4.43. The molecule has 0 aliphatic rings. The quantitative estimate of drug-likeness (QED) is 0.842. The number of nitrogens with two attached hydrogens (primary N) is 1. The summed E-state index contributed by atoms with van der Waals surface area (Å²) in [6.45, 7) is 1.71. The highest BCUT2D eigenvalue weighted by Crippen LogP contribution is 2.20. The molecule has 0 spiro atoms. The molecule has 1 aromatic heterocycles. The van der Waals surface area contributed by atoms with Crippen molar-refractivity contribution >= 4 is 32.9 Å². The van der Waals surface area contributed by atoms with Gasteiger partial charge >= 0.3 is 0 Å². The molecule has 0 bridgehead atoms. The Labute approximate surface area is 122 Å². The summed E-state index contributed by atoms with van der Waals surface area (Å²) in [6, 6.07) is 8.11. The van der Waals surface area contributed by atoms with Crippen LogP contribution in [0.25, 0.3) is 0 Å². The highest BCUT2D eigenvalue weighted by Gasteiger charge is 2.18. The molecule has 0 aliphatic carbocycles. The van der Waals surface area contributed by atoms with Crippen LogP contribution in [0.4, 0.5) is 5.69 Å². The molecule has 104 valence electrons. The SMILES string of the molecule is Cc1ccc(C(N)=S)cc1S(=O)(=O)Nc1cccnc1. The fraction of sp³-hybridized carbons (Fsp3) is 0.0769. The largest absolute Gasteiger partial charge is 0.389 e. The van der Waals surface area contributed by atoms with Crippen LogP contribution in [0.15, 0.2) is 47.6 Å². The van der Waals surface area contributed by atoms with Gasteiger partial charge in [0.2, 0.25) is 0 Å². The second-order valence-corrected chi connectivity index (χ2v) is 6.28. The highest BCUT2D eigenvalue weighted by molar-refractivity contribution is 7.92. The van der Waals surface area contributed by atoms with E-state index in [0.717, 1.165) is 0 Å². The van der Waals surface area contributed by atoms with E-state index in [1.54, 1.807) is 37.4 Å². The van der Waals surface area contributed by atoms with E-state index in [4.69, 9.17) is 18.0 Å². The monoisotopic (exact) mass is 307 g/mol. The molecule has 0 amide bonds. The number of rotatable bonds is 4. The normalized spacial score (nSPS) is 11.1. The van der Waals surface area contributed by atoms with Gasteiger partial charge in [-0.05, 0) is 30.7 Å². The first-order valence-corrected chi connectivity index (χ1v) is 7.62. The maximum Gasteiger partial charge on any atom is 0.262 e. The zero-order valence-corrected chi connectivity index (χ0v) is 12.3. The Balaban J connectivity index is 2.44. The Bertz CT molecular complexity index is 743. The predicted molar refractivity (Wildman–Crippen MR) is 82.1 cm³/mol. The number of aryl methyl sites for hydroxylation is 1. The molecule has 0 saturated carbocycles. The lowest BCUT2D eigenvalue weighted by Gasteiger charge is -2.11. The number of anilines is 1. The first kappa shape index (κ1) is 14.4. The van der Waals surface area contributed by atoms with Crippen LogP contribution in [-0.4, -0.2) is 18.4 Å². The van der Waals surface area contributed by atoms with Crippen LogP contribution >= 0.6 is 12.2 Å². The van der Waals surface area contributed by atoms with Crippen molar-refractivity contribution < 1.29 is 8.42 Å². The van der Waals surface area contributed by atoms with Gasteiger partial charge in [-0.3, -0.25) is 9.71 Å². The second kappa shape index (κ2) is 5.56. The number of thiocarbonyl (C=S) groups is 1. The molecule has 7 heteroatoms. The van der Waals surface area contributed by atoms with E-state index >= 15 is 0 Å². The minimum absolute atomic E-state index is 0.145. The number of nitrogens with zero attached hydrogens (tertiary/aromatic N) is 1. The fourth-order valence-corrected chi connectivity index (χ4v) is 3.12. The zero-order chi connectivity index (χ0) is 14.8. The summed E-state index contributed by atoms with van der Waals surface area (Å²) in [5.41, 5.74) is 7.05. The molecule has 2 rings (SSSR count). The van der Waals surface area contributed by atoms with Crippen molar-refractivity contribution in [3.8, 4) is 0 Å². The van der Waals surface area contributed by atoms with E-state index in [-0.39, 0.29) is 9.88 Å². The molecular formula is C13H13N3O2S2. The number of pyridine rings is 1. The van der Waals surface area contributed by atoms with Crippen LogP contribution < -0.4 is 10.5 Å². The number of nitrogens with one attached hydrogen (secondary N) is 1. The first-order chi connectivity index (χ1) is 9.40. The Morgan fingerprint density at radius 3 is 2.70 bits per heavy atom. The summed E-state index contributed by atoms with van der Waals surface area (Å²) in [4.78, 5) is 4.16. The first-order valence-electron chi connectivity index (χ1n) is 5.73. The molecule has 20 heavy (non-hydrogen) atoms. The molecule has 0 fully saturated rings. The van der Waals surface area contributed by atoms with Gasteiger partial charge in [0.05, 0.1) is 16.8 Å². The Morgan fingerprint density at radius 1 is 1.35 bits per heavy atom. The summed E-state index contributed by atoms with van der Waals surface area (Å²) >= 11 is 4.87. The zero-order valence-electron chi connectivity index (χ0n) is 10.7. The average molecular weight is 307 g/mol. The third-order valence-electron chi connectivity index (χ3n) is 2.68. The molecule has 0 radical (unpaired) electrons. The number of aromatic nitrogens is 1. The van der Waals surface area contributed by atoms with Crippen molar-refractivity contribution in [2.24, 2.45) is 5.73 Å². The molecule has 3 N–H and O–H groups in total. The molecule has 0 unspecified atom stereocenters. The number of sulfonamides is 1. The maximum absolute atomic E-state index is 12.4. The molecule has 5 nitrogen and oxygen atoms in total. The van der Waals surface area contributed by atoms with Gasteiger partial charge in [0.1, 0.15) is 4.99 Å². The Hall–Kier alpha value is -1.99. The van der Waals surface area contributed by atoms with Crippen molar-refractivity contribution in [2.45, 2.75) is 11.8 Å². The number of benzene rings is 1. The van der Waals surface area contributed by atoms with Gasteiger partial charge in [0.25, 0.3) is 10.0 Å². The van der Waals surface area contributed by atoms with Crippen molar-refractivity contribution in [3.05, 3.63) is 53.9 Å². The Kier molecular flexibility index (Phi) is 4.01. The minimum atomic E-state index is -3.71. The Morgan fingerprint density at radius 2 is 2.10 bits per heavy atom. The van der Waals surface area contributed by atoms with E-state index in [1.807, 2.05) is 0 Å². The maximum atomic E-state index is 12.4.